The SMILES string of the molecule is C#CCOc1cc(-n2nc(C(C)(C)C)oc2=O)c(Cl)cc1Cl.CC1COc2ccccc2N1C(=O)C(Cl)Cl.CCc1cccc(C)c1N(C(=O)CCl)C(C)COC.CS(=O)(=O)c1ccc(C(=O)C2C(=O)CCCC2=O)c([N+](=O)[O-])c1. The van der Waals surface area contributed by atoms with E-state index in [4.69, 9.17) is 83.1 Å². The molecule has 80 heavy (non-hydrogen) atoms. The summed E-state index contributed by atoms with van der Waals surface area (Å²) in [5.74, 6) is -1.05. The van der Waals surface area contributed by atoms with Gasteiger partial charge in [0, 0.05) is 43.8 Å². The topological polar surface area (TPSA) is 245 Å². The van der Waals surface area contributed by atoms with Gasteiger partial charge in [-0.3, -0.25) is 34.1 Å². The average Bonchev–Trinajstić information content (AvgIpc) is 3.93. The highest BCUT2D eigenvalue weighted by Crippen LogP contribution is 2.36. The van der Waals surface area contributed by atoms with Crippen molar-refractivity contribution >= 4 is 114 Å². The van der Waals surface area contributed by atoms with Crippen LogP contribution in [0.3, 0.4) is 0 Å². The predicted molar refractivity (Wildman–Crippen MR) is 308 cm³/mol. The van der Waals surface area contributed by atoms with Crippen molar-refractivity contribution < 1.29 is 55.9 Å². The maximum absolute atomic E-state index is 12.4. The van der Waals surface area contributed by atoms with Gasteiger partial charge in [-0.25, -0.2) is 13.2 Å². The van der Waals surface area contributed by atoms with E-state index in [1.165, 1.54) is 12.1 Å². The number of nitro benzene ring substituents is 1. The Morgan fingerprint density at radius 3 is 2.19 bits per heavy atom. The number of anilines is 2. The van der Waals surface area contributed by atoms with Crippen LogP contribution in [0.15, 0.2) is 86.9 Å². The molecule has 1 aliphatic carbocycles. The lowest BCUT2D eigenvalue weighted by molar-refractivity contribution is -0.385. The van der Waals surface area contributed by atoms with Crippen LogP contribution in [0.4, 0.5) is 17.1 Å². The highest BCUT2D eigenvalue weighted by molar-refractivity contribution is 7.90. The van der Waals surface area contributed by atoms with E-state index in [-0.39, 0.29) is 64.2 Å². The van der Waals surface area contributed by atoms with Gasteiger partial charge < -0.3 is 28.4 Å². The molecule has 0 saturated heterocycles. The Labute approximate surface area is 488 Å². The number of Topliss-reactive ketones (excluding diaryl/α,β-unsaturated/α-hetero) is 3. The number of hydrogen-bond donors (Lipinski definition) is 0. The summed E-state index contributed by atoms with van der Waals surface area (Å²) >= 11 is 29.2. The van der Waals surface area contributed by atoms with Crippen LogP contribution in [0.1, 0.15) is 88.2 Å². The van der Waals surface area contributed by atoms with E-state index in [0.717, 1.165) is 58.1 Å². The second-order valence-electron chi connectivity index (χ2n) is 19.1. The van der Waals surface area contributed by atoms with Gasteiger partial charge in [-0.1, -0.05) is 110 Å². The molecule has 7 rings (SSSR count). The van der Waals surface area contributed by atoms with Gasteiger partial charge in [0.1, 0.15) is 36.5 Å². The van der Waals surface area contributed by atoms with Crippen LogP contribution < -0.4 is 25.0 Å². The number of carbonyl (C=O) groups excluding carboxylic acids is 5. The second-order valence-corrected chi connectivity index (χ2v) is 23.3. The average molecular weight is 1220 g/mol. The van der Waals surface area contributed by atoms with Gasteiger partial charge in [0.25, 0.3) is 11.6 Å². The molecule has 25 heteroatoms. The number of ketones is 3. The first-order valence-electron chi connectivity index (χ1n) is 24.6. The monoisotopic (exact) mass is 1220 g/mol. The van der Waals surface area contributed by atoms with E-state index in [0.29, 0.717) is 42.7 Å². The highest BCUT2D eigenvalue weighted by atomic mass is 35.5. The molecule has 2 heterocycles. The van der Waals surface area contributed by atoms with E-state index >= 15 is 0 Å². The minimum atomic E-state index is -3.70. The molecular formula is C55H60Cl5N5O14S. The standard InChI is InChI=1S/C15H14Cl2N2O3.C15H22ClNO2.C14H13NO7S.C11H11Cl2NO2/c1-5-6-21-12-8-11(9(16)7-10(12)17)19-14(20)22-13(18-19)15(2,3)4;1-5-13-8-6-7-11(2)15(13)17(14(18)9-16)12(3)10-19-4;1-23(21,22)8-5-6-9(10(7-8)15(19)20)14(18)13-11(16)3-2-4-12(13)17;1-7-6-16-9-5-3-2-4-8(9)14(7)11(15)10(12)13/h1,7-8H,6H2,2-4H3;6-8,12H,5,9-10H2,1-4H3;5-7,13H,2-4H2,1H3;2-5,7,10H,6H2,1H3. The molecule has 4 aromatic carbocycles. The number of nitro groups is 1. The van der Waals surface area contributed by atoms with E-state index in [2.05, 4.69) is 24.0 Å². The Balaban J connectivity index is 0.000000232. The van der Waals surface area contributed by atoms with Crippen molar-refractivity contribution in [2.45, 2.75) is 101 Å². The third-order valence-electron chi connectivity index (χ3n) is 12.0. The largest absolute Gasteiger partial charge is 0.489 e. The Morgan fingerprint density at radius 2 is 1.64 bits per heavy atom. The number of ether oxygens (including phenoxy) is 3. The number of para-hydroxylation sites is 3. The summed E-state index contributed by atoms with van der Waals surface area (Å²) < 4.78 is 45.2. The molecule has 0 bridgehead atoms. The van der Waals surface area contributed by atoms with E-state index in [1.54, 1.807) is 16.9 Å². The normalized spacial score (nSPS) is 14.6. The van der Waals surface area contributed by atoms with Crippen molar-refractivity contribution in [1.29, 1.82) is 0 Å². The van der Waals surface area contributed by atoms with Gasteiger partial charge in [0.15, 0.2) is 32.0 Å². The first kappa shape index (κ1) is 66.2. The van der Waals surface area contributed by atoms with Crippen molar-refractivity contribution in [3.05, 3.63) is 126 Å². The zero-order valence-corrected chi connectivity index (χ0v) is 49.8. The van der Waals surface area contributed by atoms with Gasteiger partial charge >= 0.3 is 5.76 Å². The van der Waals surface area contributed by atoms with Crippen LogP contribution in [-0.2, 0) is 45.6 Å². The number of halogens is 5. The molecule has 430 valence electrons. The van der Waals surface area contributed by atoms with Crippen LogP contribution in [-0.4, -0.2) is 108 Å². The minimum absolute atomic E-state index is 0.0223. The molecule has 2 atom stereocenters. The quantitative estimate of drug-likeness (QED) is 0.0251. The number of hydrogen-bond acceptors (Lipinski definition) is 15. The van der Waals surface area contributed by atoms with Crippen molar-refractivity contribution in [2.24, 2.45) is 5.92 Å². The molecule has 1 aliphatic heterocycles. The van der Waals surface area contributed by atoms with Crippen molar-refractivity contribution in [3.8, 4) is 29.5 Å². The van der Waals surface area contributed by atoms with Crippen LogP contribution in [0.25, 0.3) is 5.69 Å². The summed E-state index contributed by atoms with van der Waals surface area (Å²) in [5.41, 5.74) is 2.66. The third kappa shape index (κ3) is 16.9. The summed E-state index contributed by atoms with van der Waals surface area (Å²) in [6.45, 7) is 14.6. The first-order chi connectivity index (χ1) is 37.5. The molecule has 2 aliphatic rings. The molecule has 19 nitrogen and oxygen atoms in total. The molecule has 2 unspecified atom stereocenters. The predicted octanol–water partition coefficient (Wildman–Crippen LogP) is 10.3. The van der Waals surface area contributed by atoms with Gasteiger partial charge in [-0.05, 0) is 75.1 Å². The Hall–Kier alpha value is -6.31. The molecule has 1 saturated carbocycles. The van der Waals surface area contributed by atoms with Crippen LogP contribution >= 0.6 is 58.0 Å². The summed E-state index contributed by atoms with van der Waals surface area (Å²) in [4.78, 5) is 84.4. The molecule has 0 spiro atoms. The minimum Gasteiger partial charge on any atom is -0.489 e. The summed E-state index contributed by atoms with van der Waals surface area (Å²) in [5, 5.41) is 15.9. The number of sulfone groups is 1. The fraction of sp³-hybridized carbons (Fsp3) is 0.400. The molecule has 1 aromatic heterocycles. The molecule has 0 N–H and O–H groups in total. The smallest absolute Gasteiger partial charge is 0.442 e. The molecule has 2 amide bonds. The zero-order chi connectivity index (χ0) is 60.0. The van der Waals surface area contributed by atoms with Crippen molar-refractivity contribution in [2.75, 3.05) is 48.9 Å². The molecule has 1 fully saturated rings. The number of nitrogens with zero attached hydrogens (tertiary/aromatic N) is 5. The van der Waals surface area contributed by atoms with Crippen molar-refractivity contribution in [1.82, 2.24) is 9.78 Å². The lowest BCUT2D eigenvalue weighted by Crippen LogP contribution is -2.47. The summed E-state index contributed by atoms with van der Waals surface area (Å²) in [6, 6.07) is 19.1. The van der Waals surface area contributed by atoms with Gasteiger partial charge in [0.05, 0.1) is 61.2 Å². The molecule has 5 aromatic rings. The van der Waals surface area contributed by atoms with E-state index in [1.807, 2.05) is 77.9 Å². The van der Waals surface area contributed by atoms with Crippen LogP contribution in [0.5, 0.6) is 11.5 Å². The molecule has 0 radical (unpaired) electrons. The van der Waals surface area contributed by atoms with Gasteiger partial charge in [0.2, 0.25) is 11.8 Å². The van der Waals surface area contributed by atoms with Gasteiger partial charge in [-0.15, -0.1) is 23.1 Å². The lowest BCUT2D eigenvalue weighted by Gasteiger charge is -2.35. The maximum atomic E-state index is 12.4. The molecular weight excluding hydrogens is 1160 g/mol. The number of amides is 2. The number of carbonyl (C=O) groups is 5. The Kier molecular flexibility index (Phi) is 24.3. The number of aromatic nitrogens is 2. The highest BCUT2D eigenvalue weighted by Gasteiger charge is 2.39. The van der Waals surface area contributed by atoms with Crippen LogP contribution in [0.2, 0.25) is 10.0 Å². The number of alkyl halides is 3. The summed E-state index contributed by atoms with van der Waals surface area (Å²) in [7, 11) is -2.06. The Bertz CT molecular complexity index is 3300. The maximum Gasteiger partial charge on any atom is 0.442 e. The van der Waals surface area contributed by atoms with E-state index < -0.39 is 65.3 Å². The number of fused-ring (bicyclic) bond motifs is 1. The zero-order valence-electron chi connectivity index (χ0n) is 45.2. The fourth-order valence-corrected chi connectivity index (χ4v) is 9.66. The number of terminal acetylenes is 1. The number of methoxy groups -OCH3 is 1. The number of rotatable bonds is 14. The first-order valence-corrected chi connectivity index (χ1v) is 28.6. The number of aryl methyl sites for hydroxylation is 2. The van der Waals surface area contributed by atoms with Crippen molar-refractivity contribution in [3.63, 3.8) is 0 Å². The summed E-state index contributed by atoms with van der Waals surface area (Å²) in [6.07, 6.45) is 7.40. The van der Waals surface area contributed by atoms with E-state index in [9.17, 15) is 47.3 Å². The van der Waals surface area contributed by atoms with Gasteiger partial charge in [-0.2, -0.15) is 4.68 Å². The lowest BCUT2D eigenvalue weighted by atomic mass is 9.81. The Morgan fingerprint density at radius 1 is 0.988 bits per heavy atom. The van der Waals surface area contributed by atoms with Crippen LogP contribution in [0, 0.1) is 35.3 Å². The third-order valence-corrected chi connectivity index (χ3v) is 14.3. The number of benzene rings is 4. The fourth-order valence-electron chi connectivity index (χ4n) is 8.16. The second kappa shape index (κ2) is 29.4.